The maximum absolute atomic E-state index is 13.6. The molecule has 0 aliphatic rings. The molecule has 0 bridgehead atoms. The normalized spacial score (nSPS) is 11.3. The zero-order valence-electron chi connectivity index (χ0n) is 11.7. The molecule has 0 aliphatic carbocycles. The fourth-order valence-electron chi connectivity index (χ4n) is 1.75. The van der Waals surface area contributed by atoms with Crippen molar-refractivity contribution in [3.8, 4) is 0 Å². The summed E-state index contributed by atoms with van der Waals surface area (Å²) in [7, 11) is 0. The number of benzene rings is 1. The average molecular weight is 301 g/mol. The third-order valence-electron chi connectivity index (χ3n) is 2.83. The van der Waals surface area contributed by atoms with Gasteiger partial charge in [-0.25, -0.2) is 4.39 Å². The molecule has 112 valence electrons. The highest BCUT2D eigenvalue weighted by molar-refractivity contribution is 5.85. The molecule has 0 aromatic heterocycles. The van der Waals surface area contributed by atoms with Gasteiger partial charge in [-0.3, -0.25) is 4.79 Å². The molecule has 0 saturated carbocycles. The van der Waals surface area contributed by atoms with Crippen molar-refractivity contribution in [2.45, 2.75) is 32.4 Å². The van der Waals surface area contributed by atoms with Gasteiger partial charge in [0.2, 0.25) is 5.91 Å². The first-order valence-electron chi connectivity index (χ1n) is 6.42. The lowest BCUT2D eigenvalue weighted by Crippen LogP contribution is -2.32. The van der Waals surface area contributed by atoms with Crippen molar-refractivity contribution in [3.05, 3.63) is 48.3 Å². The van der Waals surface area contributed by atoms with Gasteiger partial charge in [-0.15, -0.1) is 19.0 Å². The minimum Gasteiger partial charge on any atom is -0.335 e. The molecule has 1 aromatic carbocycles. The van der Waals surface area contributed by atoms with E-state index in [1.54, 1.807) is 29.2 Å². The number of rotatable bonds is 7. The van der Waals surface area contributed by atoms with Crippen molar-refractivity contribution in [1.29, 1.82) is 0 Å². The zero-order valence-corrected chi connectivity index (χ0v) is 12.5. The number of hydrogen-bond acceptors (Lipinski definition) is 2. The summed E-state index contributed by atoms with van der Waals surface area (Å²) in [6.45, 7) is 6.16. The Balaban J connectivity index is 0.00000361. The zero-order chi connectivity index (χ0) is 14.3. The number of nitrogens with two attached hydrogens (primary N) is 1. The quantitative estimate of drug-likeness (QED) is 0.787. The van der Waals surface area contributed by atoms with E-state index in [2.05, 4.69) is 6.58 Å². The molecule has 0 spiro atoms. The summed E-state index contributed by atoms with van der Waals surface area (Å²) in [5.74, 6) is -0.322. The average Bonchev–Trinajstić information content (AvgIpc) is 2.38. The summed E-state index contributed by atoms with van der Waals surface area (Å²) in [5.41, 5.74) is 6.15. The van der Waals surface area contributed by atoms with Crippen LogP contribution in [-0.2, 0) is 11.3 Å². The molecule has 5 heteroatoms. The first-order valence-corrected chi connectivity index (χ1v) is 6.42. The van der Waals surface area contributed by atoms with Crippen LogP contribution in [0.4, 0.5) is 4.39 Å². The van der Waals surface area contributed by atoms with Gasteiger partial charge < -0.3 is 10.6 Å². The molecule has 3 nitrogen and oxygen atoms in total. The van der Waals surface area contributed by atoms with Crippen molar-refractivity contribution in [1.82, 2.24) is 4.90 Å². The van der Waals surface area contributed by atoms with E-state index >= 15 is 0 Å². The van der Waals surface area contributed by atoms with Gasteiger partial charge in [-0.1, -0.05) is 24.3 Å². The van der Waals surface area contributed by atoms with Gasteiger partial charge >= 0.3 is 0 Å². The molecule has 0 saturated heterocycles. The minimum atomic E-state index is -0.295. The van der Waals surface area contributed by atoms with Gasteiger partial charge in [0.05, 0.1) is 0 Å². The number of halogens is 2. The summed E-state index contributed by atoms with van der Waals surface area (Å²) in [4.78, 5) is 13.6. The summed E-state index contributed by atoms with van der Waals surface area (Å²) in [6, 6.07) is 6.46. The summed E-state index contributed by atoms with van der Waals surface area (Å²) in [6.07, 6.45) is 2.65. The lowest BCUT2D eigenvalue weighted by molar-refractivity contribution is -0.131. The van der Waals surface area contributed by atoms with Crippen LogP contribution in [-0.4, -0.2) is 23.4 Å². The molecule has 2 N–H and O–H groups in total. The van der Waals surface area contributed by atoms with E-state index in [1.165, 1.54) is 6.07 Å². The molecule has 1 unspecified atom stereocenters. The van der Waals surface area contributed by atoms with Crippen LogP contribution in [0.3, 0.4) is 0 Å². The highest BCUT2D eigenvalue weighted by Crippen LogP contribution is 2.11. The maximum atomic E-state index is 13.6. The second-order valence-electron chi connectivity index (χ2n) is 4.67. The first-order chi connectivity index (χ1) is 9.04. The smallest absolute Gasteiger partial charge is 0.223 e. The fraction of sp³-hybridized carbons (Fsp3) is 0.400. The Morgan fingerprint density at radius 3 is 2.70 bits per heavy atom. The number of nitrogens with zero attached hydrogens (tertiary/aromatic N) is 1. The third kappa shape index (κ3) is 6.17. The van der Waals surface area contributed by atoms with Gasteiger partial charge in [0.15, 0.2) is 0 Å². The molecule has 0 fully saturated rings. The van der Waals surface area contributed by atoms with E-state index in [1.807, 2.05) is 6.92 Å². The highest BCUT2D eigenvalue weighted by atomic mass is 35.5. The molecule has 0 aliphatic heterocycles. The van der Waals surface area contributed by atoms with E-state index in [0.717, 1.165) is 0 Å². The van der Waals surface area contributed by atoms with Gasteiger partial charge in [-0.05, 0) is 19.4 Å². The van der Waals surface area contributed by atoms with Crippen LogP contribution < -0.4 is 5.73 Å². The van der Waals surface area contributed by atoms with E-state index in [9.17, 15) is 9.18 Å². The monoisotopic (exact) mass is 300 g/mol. The van der Waals surface area contributed by atoms with Crippen molar-refractivity contribution < 1.29 is 9.18 Å². The SMILES string of the molecule is C=CCN(Cc1ccccc1F)C(=O)CCC(C)N.Cl. The topological polar surface area (TPSA) is 46.3 Å². The van der Waals surface area contributed by atoms with E-state index < -0.39 is 0 Å². The molecular formula is C15H22ClFN2O. The van der Waals surface area contributed by atoms with Crippen LogP contribution in [0.5, 0.6) is 0 Å². The minimum absolute atomic E-state index is 0. The first kappa shape index (κ1) is 18.6. The standard InChI is InChI=1S/C15H21FN2O.ClH/c1-3-10-18(15(19)9-8-12(2)17)11-13-6-4-5-7-14(13)16;/h3-7,12H,1,8-11,17H2,2H3;1H. The summed E-state index contributed by atoms with van der Waals surface area (Å²) < 4.78 is 13.6. The number of carbonyl (C=O) groups excluding carboxylic acids is 1. The molecule has 20 heavy (non-hydrogen) atoms. The van der Waals surface area contributed by atoms with Gasteiger partial charge in [0.25, 0.3) is 0 Å². The van der Waals surface area contributed by atoms with Crippen molar-refractivity contribution >= 4 is 18.3 Å². The molecular weight excluding hydrogens is 279 g/mol. The molecule has 1 atom stereocenters. The largest absolute Gasteiger partial charge is 0.335 e. The summed E-state index contributed by atoms with van der Waals surface area (Å²) in [5, 5.41) is 0. The summed E-state index contributed by atoms with van der Waals surface area (Å²) >= 11 is 0. The second-order valence-corrected chi connectivity index (χ2v) is 4.67. The van der Waals surface area contributed by atoms with Gasteiger partial charge in [0, 0.05) is 31.1 Å². The molecule has 0 heterocycles. The number of amides is 1. The van der Waals surface area contributed by atoms with Crippen molar-refractivity contribution in [2.75, 3.05) is 6.54 Å². The number of carbonyl (C=O) groups is 1. The van der Waals surface area contributed by atoms with Crippen LogP contribution in [0.25, 0.3) is 0 Å². The Morgan fingerprint density at radius 1 is 1.50 bits per heavy atom. The van der Waals surface area contributed by atoms with Gasteiger partial charge in [-0.2, -0.15) is 0 Å². The second kappa shape index (κ2) is 9.50. The Morgan fingerprint density at radius 2 is 2.15 bits per heavy atom. The van der Waals surface area contributed by atoms with E-state index in [4.69, 9.17) is 5.73 Å². The van der Waals surface area contributed by atoms with Crippen LogP contribution in [0, 0.1) is 5.82 Å². The molecule has 1 amide bonds. The lowest BCUT2D eigenvalue weighted by Gasteiger charge is -2.22. The predicted octanol–water partition coefficient (Wildman–Crippen LogP) is 2.89. The van der Waals surface area contributed by atoms with Crippen molar-refractivity contribution in [2.24, 2.45) is 5.73 Å². The Hall–Kier alpha value is -1.39. The van der Waals surface area contributed by atoms with E-state index in [0.29, 0.717) is 24.9 Å². The third-order valence-corrected chi connectivity index (χ3v) is 2.83. The van der Waals surface area contributed by atoms with E-state index in [-0.39, 0.29) is 36.7 Å². The van der Waals surface area contributed by atoms with Crippen LogP contribution in [0.2, 0.25) is 0 Å². The van der Waals surface area contributed by atoms with Crippen LogP contribution in [0.1, 0.15) is 25.3 Å². The maximum Gasteiger partial charge on any atom is 0.223 e. The Bertz CT molecular complexity index is 438. The Kier molecular flexibility index (Phi) is 8.84. The Labute approximate surface area is 126 Å². The lowest BCUT2D eigenvalue weighted by atomic mass is 10.1. The fourth-order valence-corrected chi connectivity index (χ4v) is 1.75. The molecule has 0 radical (unpaired) electrons. The van der Waals surface area contributed by atoms with Crippen LogP contribution >= 0.6 is 12.4 Å². The predicted molar refractivity (Wildman–Crippen MR) is 82.1 cm³/mol. The number of hydrogen-bond donors (Lipinski definition) is 1. The van der Waals surface area contributed by atoms with Crippen molar-refractivity contribution in [3.63, 3.8) is 0 Å². The highest BCUT2D eigenvalue weighted by Gasteiger charge is 2.14. The van der Waals surface area contributed by atoms with Crippen LogP contribution in [0.15, 0.2) is 36.9 Å². The molecule has 1 rings (SSSR count). The van der Waals surface area contributed by atoms with Gasteiger partial charge in [0.1, 0.15) is 5.82 Å². The molecule has 1 aromatic rings.